The van der Waals surface area contributed by atoms with Crippen LogP contribution in [0.15, 0.2) is 36.5 Å². The lowest BCUT2D eigenvalue weighted by Crippen LogP contribution is -2.44. The van der Waals surface area contributed by atoms with E-state index in [4.69, 9.17) is 4.74 Å². The van der Waals surface area contributed by atoms with Crippen LogP contribution in [0.2, 0.25) is 0 Å². The SMILES string of the molecule is COc1ccc2ncc(N(C)C)c(CCCC3(C(=O)O)CCN(CCCc4c(F)cc(F)cc4F)CC3)c2c1. The van der Waals surface area contributed by atoms with Gasteiger partial charge in [-0.25, -0.2) is 13.2 Å². The van der Waals surface area contributed by atoms with Crippen LogP contribution in [-0.2, 0) is 17.6 Å². The van der Waals surface area contributed by atoms with Crippen molar-refractivity contribution in [1.29, 1.82) is 0 Å². The normalized spacial score (nSPS) is 15.4. The van der Waals surface area contributed by atoms with Gasteiger partial charge < -0.3 is 19.6 Å². The third-order valence-corrected chi connectivity index (χ3v) is 8.00. The molecule has 1 aliphatic rings. The number of piperidine rings is 1. The highest BCUT2D eigenvalue weighted by atomic mass is 19.1. The molecule has 0 unspecified atom stereocenters. The molecule has 0 amide bonds. The molecule has 1 N–H and O–H groups in total. The number of aryl methyl sites for hydroxylation is 1. The van der Waals surface area contributed by atoms with Crippen molar-refractivity contribution in [3.05, 3.63) is 65.1 Å². The maximum atomic E-state index is 13.9. The summed E-state index contributed by atoms with van der Waals surface area (Å²) in [6.45, 7) is 1.82. The Morgan fingerprint density at radius 2 is 1.72 bits per heavy atom. The van der Waals surface area contributed by atoms with Gasteiger partial charge in [0, 0.05) is 37.2 Å². The third-order valence-electron chi connectivity index (χ3n) is 8.00. The van der Waals surface area contributed by atoms with Crippen LogP contribution in [0.5, 0.6) is 5.75 Å². The zero-order valence-electron chi connectivity index (χ0n) is 22.8. The predicted octanol–water partition coefficient (Wildman–Crippen LogP) is 5.85. The van der Waals surface area contributed by atoms with Gasteiger partial charge in [-0.3, -0.25) is 9.78 Å². The number of hydrogen-bond donors (Lipinski definition) is 1. The van der Waals surface area contributed by atoms with E-state index in [1.807, 2.05) is 43.4 Å². The molecule has 0 spiro atoms. The van der Waals surface area contributed by atoms with E-state index in [-0.39, 0.29) is 12.0 Å². The highest BCUT2D eigenvalue weighted by molar-refractivity contribution is 5.88. The number of aliphatic carboxylic acids is 1. The van der Waals surface area contributed by atoms with Gasteiger partial charge >= 0.3 is 5.97 Å². The van der Waals surface area contributed by atoms with E-state index in [9.17, 15) is 23.1 Å². The Kier molecular flexibility index (Phi) is 9.00. The van der Waals surface area contributed by atoms with Crippen LogP contribution in [0, 0.1) is 22.9 Å². The van der Waals surface area contributed by atoms with E-state index in [1.54, 1.807) is 7.11 Å². The van der Waals surface area contributed by atoms with E-state index in [0.717, 1.165) is 27.9 Å². The van der Waals surface area contributed by atoms with Crippen LogP contribution in [0.4, 0.5) is 18.9 Å². The molecule has 1 saturated heterocycles. The van der Waals surface area contributed by atoms with Crippen molar-refractivity contribution < 1.29 is 27.8 Å². The molecule has 0 atom stereocenters. The lowest BCUT2D eigenvalue weighted by molar-refractivity contribution is -0.152. The second kappa shape index (κ2) is 12.2. The molecule has 0 aliphatic carbocycles. The van der Waals surface area contributed by atoms with Crippen LogP contribution >= 0.6 is 0 Å². The zero-order chi connectivity index (χ0) is 28.2. The molecule has 210 valence electrons. The largest absolute Gasteiger partial charge is 0.497 e. The zero-order valence-corrected chi connectivity index (χ0v) is 22.8. The Morgan fingerprint density at radius 3 is 2.33 bits per heavy atom. The average molecular weight is 544 g/mol. The van der Waals surface area contributed by atoms with Crippen LogP contribution in [-0.4, -0.2) is 61.8 Å². The average Bonchev–Trinajstić information content (AvgIpc) is 2.90. The number of aromatic nitrogens is 1. The van der Waals surface area contributed by atoms with Gasteiger partial charge in [0.1, 0.15) is 23.2 Å². The molecular weight excluding hydrogens is 507 g/mol. The van der Waals surface area contributed by atoms with E-state index in [0.29, 0.717) is 70.3 Å². The summed E-state index contributed by atoms with van der Waals surface area (Å²) in [5.41, 5.74) is 2.10. The number of carboxylic acids is 1. The Bertz CT molecular complexity index is 1300. The van der Waals surface area contributed by atoms with Gasteiger partial charge in [0.25, 0.3) is 0 Å². The smallest absolute Gasteiger partial charge is 0.309 e. The van der Waals surface area contributed by atoms with Gasteiger partial charge in [0.2, 0.25) is 0 Å². The fraction of sp³-hybridized carbons (Fsp3) is 0.467. The quantitative estimate of drug-likeness (QED) is 0.327. The molecule has 1 aliphatic heterocycles. The van der Waals surface area contributed by atoms with Gasteiger partial charge in [-0.15, -0.1) is 0 Å². The number of fused-ring (bicyclic) bond motifs is 1. The molecule has 1 fully saturated rings. The Balaban J connectivity index is 1.37. The van der Waals surface area contributed by atoms with Crippen LogP contribution in [0.1, 0.15) is 43.2 Å². The molecule has 0 radical (unpaired) electrons. The minimum atomic E-state index is -0.926. The highest BCUT2D eigenvalue weighted by Gasteiger charge is 2.40. The van der Waals surface area contributed by atoms with Crippen molar-refractivity contribution in [2.75, 3.05) is 45.7 Å². The molecule has 6 nitrogen and oxygen atoms in total. The Hall–Kier alpha value is -3.33. The number of likely N-dealkylation sites (tertiary alicyclic amines) is 1. The molecule has 3 aromatic rings. The molecule has 0 saturated carbocycles. The minimum Gasteiger partial charge on any atom is -0.497 e. The summed E-state index contributed by atoms with van der Waals surface area (Å²) in [5, 5.41) is 11.2. The Labute approximate surface area is 227 Å². The monoisotopic (exact) mass is 543 g/mol. The van der Waals surface area contributed by atoms with Crippen molar-refractivity contribution in [1.82, 2.24) is 9.88 Å². The maximum absolute atomic E-state index is 13.9. The summed E-state index contributed by atoms with van der Waals surface area (Å²) in [5.74, 6) is -2.68. The summed E-state index contributed by atoms with van der Waals surface area (Å²) in [7, 11) is 5.58. The standard InChI is InChI=1S/C30H36F3N3O3/c1-35(2)28-19-34-27-9-8-21(39-3)18-24(27)22(28)6-4-10-30(29(37)38)11-14-36(15-12-30)13-5-7-23-25(32)16-20(31)17-26(23)33/h8-9,16-19H,4-7,10-15H2,1-3H3,(H,37,38). The number of carbonyl (C=O) groups is 1. The molecule has 2 aromatic carbocycles. The van der Waals surface area contributed by atoms with Crippen LogP contribution < -0.4 is 9.64 Å². The second-order valence-corrected chi connectivity index (χ2v) is 10.6. The molecule has 0 bridgehead atoms. The van der Waals surface area contributed by atoms with Gasteiger partial charge in [0.05, 0.1) is 29.9 Å². The number of anilines is 1. The molecule has 4 rings (SSSR count). The first kappa shape index (κ1) is 28.7. The fourth-order valence-electron chi connectivity index (χ4n) is 5.66. The van der Waals surface area contributed by atoms with Crippen molar-refractivity contribution in [2.45, 2.75) is 44.9 Å². The lowest BCUT2D eigenvalue weighted by atomic mass is 9.74. The number of ether oxygens (including phenoxy) is 1. The molecule has 1 aromatic heterocycles. The van der Waals surface area contributed by atoms with E-state index < -0.39 is 28.8 Å². The number of methoxy groups -OCH3 is 1. The lowest BCUT2D eigenvalue weighted by Gasteiger charge is -2.39. The highest BCUT2D eigenvalue weighted by Crippen LogP contribution is 2.38. The first-order valence-corrected chi connectivity index (χ1v) is 13.4. The number of rotatable bonds is 11. The van der Waals surface area contributed by atoms with E-state index in [2.05, 4.69) is 9.88 Å². The molecule has 9 heteroatoms. The van der Waals surface area contributed by atoms with Crippen LogP contribution in [0.3, 0.4) is 0 Å². The van der Waals surface area contributed by atoms with Crippen molar-refractivity contribution in [3.63, 3.8) is 0 Å². The number of carboxylic acid groups (broad SMARTS) is 1. The van der Waals surface area contributed by atoms with E-state index >= 15 is 0 Å². The number of nitrogens with zero attached hydrogens (tertiary/aromatic N) is 3. The maximum Gasteiger partial charge on any atom is 0.309 e. The fourth-order valence-corrected chi connectivity index (χ4v) is 5.66. The summed E-state index contributed by atoms with van der Waals surface area (Å²) in [6.07, 6.45) is 5.56. The van der Waals surface area contributed by atoms with Crippen molar-refractivity contribution in [2.24, 2.45) is 5.41 Å². The molecule has 2 heterocycles. The Morgan fingerprint density at radius 1 is 1.05 bits per heavy atom. The summed E-state index contributed by atoms with van der Waals surface area (Å²) in [4.78, 5) is 21.2. The number of benzene rings is 2. The summed E-state index contributed by atoms with van der Waals surface area (Å²) in [6, 6.07) is 7.21. The van der Waals surface area contributed by atoms with Gasteiger partial charge in [-0.2, -0.15) is 0 Å². The van der Waals surface area contributed by atoms with Crippen molar-refractivity contribution in [3.8, 4) is 5.75 Å². The van der Waals surface area contributed by atoms with E-state index in [1.165, 1.54) is 0 Å². The number of pyridine rings is 1. The topological polar surface area (TPSA) is 65.9 Å². The molecular formula is C30H36F3N3O3. The van der Waals surface area contributed by atoms with Crippen LogP contribution in [0.25, 0.3) is 10.9 Å². The third kappa shape index (κ3) is 6.46. The minimum absolute atomic E-state index is 0.105. The summed E-state index contributed by atoms with van der Waals surface area (Å²) < 4.78 is 46.4. The van der Waals surface area contributed by atoms with Gasteiger partial charge in [0.15, 0.2) is 0 Å². The first-order valence-electron chi connectivity index (χ1n) is 13.4. The number of hydrogen-bond acceptors (Lipinski definition) is 5. The second-order valence-electron chi connectivity index (χ2n) is 10.6. The number of halogens is 3. The first-order chi connectivity index (χ1) is 18.6. The van der Waals surface area contributed by atoms with Gasteiger partial charge in [-0.05, 0) is 88.3 Å². The van der Waals surface area contributed by atoms with Crippen molar-refractivity contribution >= 4 is 22.6 Å². The predicted molar refractivity (Wildman–Crippen MR) is 146 cm³/mol. The van der Waals surface area contributed by atoms with Gasteiger partial charge in [-0.1, -0.05) is 0 Å². The molecule has 39 heavy (non-hydrogen) atoms. The summed E-state index contributed by atoms with van der Waals surface area (Å²) >= 11 is 0.